The van der Waals surface area contributed by atoms with Crippen molar-refractivity contribution in [1.29, 1.82) is 0 Å². The van der Waals surface area contributed by atoms with Gasteiger partial charge in [-0.05, 0) is 37.0 Å². The van der Waals surface area contributed by atoms with Gasteiger partial charge in [0.05, 0.1) is 12.2 Å². The van der Waals surface area contributed by atoms with Gasteiger partial charge in [0.15, 0.2) is 5.15 Å². The lowest BCUT2D eigenvalue weighted by Crippen LogP contribution is -2.23. The topological polar surface area (TPSA) is 47.8 Å². The lowest BCUT2D eigenvalue weighted by atomic mass is 10.2. The van der Waals surface area contributed by atoms with Crippen molar-refractivity contribution in [1.82, 2.24) is 14.8 Å². The minimum absolute atomic E-state index is 0.0207. The Bertz CT molecular complexity index is 634. The summed E-state index contributed by atoms with van der Waals surface area (Å²) >= 11 is 5.70. The van der Waals surface area contributed by atoms with Crippen LogP contribution in [0.2, 0.25) is 5.15 Å². The van der Waals surface area contributed by atoms with Gasteiger partial charge in [-0.3, -0.25) is 4.79 Å². The van der Waals surface area contributed by atoms with E-state index in [0.717, 1.165) is 30.7 Å². The molecule has 2 aromatic rings. The second-order valence-corrected chi connectivity index (χ2v) is 4.82. The Labute approximate surface area is 109 Å². The summed E-state index contributed by atoms with van der Waals surface area (Å²) in [5, 5.41) is 8.16. The number of pyridine rings is 1. The van der Waals surface area contributed by atoms with Crippen molar-refractivity contribution in [3.63, 3.8) is 0 Å². The summed E-state index contributed by atoms with van der Waals surface area (Å²) in [6.07, 6.45) is 3.14. The Morgan fingerprint density at radius 3 is 2.83 bits per heavy atom. The molecule has 92 valence electrons. The third kappa shape index (κ3) is 2.04. The third-order valence-electron chi connectivity index (χ3n) is 3.26. The number of fused-ring (bicyclic) bond motifs is 1. The van der Waals surface area contributed by atoms with E-state index in [9.17, 15) is 4.79 Å². The predicted octanol–water partition coefficient (Wildman–Crippen LogP) is 1.83. The molecule has 0 saturated carbocycles. The zero-order valence-corrected chi connectivity index (χ0v) is 10.5. The van der Waals surface area contributed by atoms with Crippen molar-refractivity contribution >= 4 is 11.6 Å². The molecule has 4 nitrogen and oxygen atoms in total. The normalized spacial score (nSPS) is 13.6. The quantitative estimate of drug-likeness (QED) is 0.829. The maximum absolute atomic E-state index is 11.9. The first-order valence-corrected chi connectivity index (χ1v) is 6.31. The van der Waals surface area contributed by atoms with Crippen LogP contribution in [0.1, 0.15) is 23.4 Å². The highest BCUT2D eigenvalue weighted by atomic mass is 35.5. The van der Waals surface area contributed by atoms with E-state index < -0.39 is 0 Å². The number of hydrogen-bond acceptors (Lipinski definition) is 3. The standard InChI is InChI=1S/C13H12ClN3O/c14-12-6-5-10(15-16-12)8-17-11-3-1-2-9(11)4-7-13(17)18/h4-7H,1-3,8H2. The molecule has 0 N–H and O–H groups in total. The molecule has 2 aromatic heterocycles. The van der Waals surface area contributed by atoms with E-state index in [1.165, 1.54) is 5.56 Å². The first-order valence-electron chi connectivity index (χ1n) is 5.94. The summed E-state index contributed by atoms with van der Waals surface area (Å²) in [6.45, 7) is 0.464. The van der Waals surface area contributed by atoms with E-state index in [0.29, 0.717) is 11.7 Å². The highest BCUT2D eigenvalue weighted by molar-refractivity contribution is 6.29. The third-order valence-corrected chi connectivity index (χ3v) is 3.46. The molecule has 2 heterocycles. The minimum atomic E-state index is 0.0207. The Balaban J connectivity index is 2.00. The smallest absolute Gasteiger partial charge is 0.251 e. The largest absolute Gasteiger partial charge is 0.306 e. The Hall–Kier alpha value is -1.68. The van der Waals surface area contributed by atoms with Crippen LogP contribution in [0, 0.1) is 0 Å². The van der Waals surface area contributed by atoms with Crippen LogP contribution in [0.5, 0.6) is 0 Å². The van der Waals surface area contributed by atoms with E-state index in [4.69, 9.17) is 11.6 Å². The fourth-order valence-corrected chi connectivity index (χ4v) is 2.50. The molecule has 0 radical (unpaired) electrons. The fraction of sp³-hybridized carbons (Fsp3) is 0.308. The van der Waals surface area contributed by atoms with Gasteiger partial charge in [0, 0.05) is 11.8 Å². The average Bonchev–Trinajstić information content (AvgIpc) is 2.84. The fourth-order valence-electron chi connectivity index (χ4n) is 2.40. The molecular formula is C13H12ClN3O. The van der Waals surface area contributed by atoms with Gasteiger partial charge >= 0.3 is 0 Å². The van der Waals surface area contributed by atoms with Crippen LogP contribution in [0.3, 0.4) is 0 Å². The van der Waals surface area contributed by atoms with Gasteiger partial charge in [-0.2, -0.15) is 5.10 Å². The zero-order chi connectivity index (χ0) is 12.5. The van der Waals surface area contributed by atoms with E-state index in [2.05, 4.69) is 10.2 Å². The molecule has 0 fully saturated rings. The van der Waals surface area contributed by atoms with Crippen LogP contribution in [-0.4, -0.2) is 14.8 Å². The van der Waals surface area contributed by atoms with E-state index in [-0.39, 0.29) is 5.56 Å². The van der Waals surface area contributed by atoms with Gasteiger partial charge in [-0.15, -0.1) is 5.10 Å². The summed E-state index contributed by atoms with van der Waals surface area (Å²) in [4.78, 5) is 11.9. The first-order chi connectivity index (χ1) is 8.74. The molecule has 5 heteroatoms. The zero-order valence-electron chi connectivity index (χ0n) is 9.77. The molecule has 0 bridgehead atoms. The highest BCUT2D eigenvalue weighted by Gasteiger charge is 2.16. The Morgan fingerprint density at radius 2 is 2.06 bits per heavy atom. The number of aromatic nitrogens is 3. The first kappa shape index (κ1) is 11.4. The molecule has 1 aliphatic carbocycles. The lowest BCUT2D eigenvalue weighted by Gasteiger charge is -2.10. The molecule has 0 amide bonds. The van der Waals surface area contributed by atoms with Crippen molar-refractivity contribution in [2.45, 2.75) is 25.8 Å². The van der Waals surface area contributed by atoms with E-state index in [1.54, 1.807) is 22.8 Å². The van der Waals surface area contributed by atoms with Crippen LogP contribution in [0.4, 0.5) is 0 Å². The molecule has 18 heavy (non-hydrogen) atoms. The number of rotatable bonds is 2. The lowest BCUT2D eigenvalue weighted by molar-refractivity contribution is 0.683. The Kier molecular flexibility index (Phi) is 2.88. The minimum Gasteiger partial charge on any atom is -0.306 e. The number of halogens is 1. The average molecular weight is 262 g/mol. The molecule has 1 aliphatic rings. The monoisotopic (exact) mass is 261 g/mol. The molecule has 0 saturated heterocycles. The van der Waals surface area contributed by atoms with Gasteiger partial charge in [0.25, 0.3) is 5.56 Å². The van der Waals surface area contributed by atoms with Crippen molar-refractivity contribution < 1.29 is 0 Å². The van der Waals surface area contributed by atoms with Gasteiger partial charge in [0.2, 0.25) is 0 Å². The van der Waals surface area contributed by atoms with Crippen molar-refractivity contribution in [3.05, 3.63) is 56.7 Å². The van der Waals surface area contributed by atoms with Crippen LogP contribution in [0.25, 0.3) is 0 Å². The predicted molar refractivity (Wildman–Crippen MR) is 68.9 cm³/mol. The van der Waals surface area contributed by atoms with E-state index in [1.807, 2.05) is 6.07 Å². The number of aryl methyl sites for hydroxylation is 1. The van der Waals surface area contributed by atoms with Crippen LogP contribution in [0.15, 0.2) is 29.1 Å². The summed E-state index contributed by atoms with van der Waals surface area (Å²) in [5.74, 6) is 0. The molecule has 0 unspecified atom stereocenters. The van der Waals surface area contributed by atoms with Gasteiger partial charge in [0.1, 0.15) is 0 Å². The maximum atomic E-state index is 11.9. The highest BCUT2D eigenvalue weighted by Crippen LogP contribution is 2.20. The van der Waals surface area contributed by atoms with E-state index >= 15 is 0 Å². The molecule has 0 spiro atoms. The maximum Gasteiger partial charge on any atom is 0.251 e. The number of nitrogens with zero attached hydrogens (tertiary/aromatic N) is 3. The van der Waals surface area contributed by atoms with Crippen molar-refractivity contribution in [3.8, 4) is 0 Å². The van der Waals surface area contributed by atoms with Crippen LogP contribution < -0.4 is 5.56 Å². The molecule has 0 atom stereocenters. The van der Waals surface area contributed by atoms with Crippen LogP contribution in [-0.2, 0) is 19.4 Å². The summed E-state index contributed by atoms with van der Waals surface area (Å²) < 4.78 is 1.79. The van der Waals surface area contributed by atoms with Gasteiger partial charge in [-0.25, -0.2) is 0 Å². The van der Waals surface area contributed by atoms with Crippen molar-refractivity contribution in [2.24, 2.45) is 0 Å². The van der Waals surface area contributed by atoms with Crippen LogP contribution >= 0.6 is 11.6 Å². The second kappa shape index (κ2) is 4.53. The van der Waals surface area contributed by atoms with Gasteiger partial charge < -0.3 is 4.57 Å². The summed E-state index contributed by atoms with van der Waals surface area (Å²) in [6, 6.07) is 7.07. The molecule has 3 rings (SSSR count). The number of hydrogen-bond donors (Lipinski definition) is 0. The Morgan fingerprint density at radius 1 is 1.17 bits per heavy atom. The van der Waals surface area contributed by atoms with Crippen molar-refractivity contribution in [2.75, 3.05) is 0 Å². The SMILES string of the molecule is O=c1ccc2c(n1Cc1ccc(Cl)nn1)CCC2. The molecular weight excluding hydrogens is 250 g/mol. The van der Waals surface area contributed by atoms with Gasteiger partial charge in [-0.1, -0.05) is 17.7 Å². The second-order valence-electron chi connectivity index (χ2n) is 4.43. The summed E-state index contributed by atoms with van der Waals surface area (Å²) in [7, 11) is 0. The molecule has 0 aliphatic heterocycles. The molecule has 0 aromatic carbocycles. The summed E-state index contributed by atoms with van der Waals surface area (Å²) in [5.41, 5.74) is 3.19.